The number of nitrogens with one attached hydrogen (secondary N) is 1. The maximum Gasteiger partial charge on any atom is 0.330 e. The Labute approximate surface area is 182 Å². The Hall–Kier alpha value is -3.72. The number of aromatic nitrogens is 2. The van der Waals surface area contributed by atoms with E-state index in [0.29, 0.717) is 22.5 Å². The van der Waals surface area contributed by atoms with Gasteiger partial charge in [-0.3, -0.25) is 4.79 Å². The number of esters is 1. The van der Waals surface area contributed by atoms with Gasteiger partial charge >= 0.3 is 5.97 Å². The molecule has 9 heteroatoms. The fourth-order valence-corrected chi connectivity index (χ4v) is 3.64. The van der Waals surface area contributed by atoms with Crippen molar-refractivity contribution in [2.75, 3.05) is 7.11 Å². The van der Waals surface area contributed by atoms with Gasteiger partial charge in [0.25, 0.3) is 5.91 Å². The lowest BCUT2D eigenvalue weighted by atomic mass is 9.92. The third-order valence-corrected chi connectivity index (χ3v) is 5.42. The minimum Gasteiger partial charge on any atom is -0.467 e. The van der Waals surface area contributed by atoms with Crippen LogP contribution in [0.5, 0.6) is 0 Å². The van der Waals surface area contributed by atoms with Crippen LogP contribution in [0.4, 0.5) is 8.78 Å². The van der Waals surface area contributed by atoms with E-state index in [1.165, 1.54) is 13.2 Å². The summed E-state index contributed by atoms with van der Waals surface area (Å²) in [5.41, 5.74) is 6.75. The summed E-state index contributed by atoms with van der Waals surface area (Å²) < 4.78 is 33.4. The number of benzene rings is 2. The lowest BCUT2D eigenvalue weighted by Gasteiger charge is -2.22. The number of carbonyl (C=O) groups is 2. The summed E-state index contributed by atoms with van der Waals surface area (Å²) in [4.78, 5) is 32.9. The van der Waals surface area contributed by atoms with Gasteiger partial charge in [0, 0.05) is 6.42 Å². The van der Waals surface area contributed by atoms with Gasteiger partial charge < -0.3 is 15.8 Å². The molecule has 1 atom stereocenters. The monoisotopic (exact) mass is 438 g/mol. The Morgan fingerprint density at radius 1 is 1.12 bits per heavy atom. The average Bonchev–Trinajstić information content (AvgIpc) is 3.14. The molecule has 2 aromatic carbocycles. The van der Waals surface area contributed by atoms with E-state index >= 15 is 0 Å². The molecule has 32 heavy (non-hydrogen) atoms. The van der Waals surface area contributed by atoms with Crippen molar-refractivity contribution >= 4 is 11.9 Å². The van der Waals surface area contributed by atoms with Crippen molar-refractivity contribution in [3.8, 4) is 11.4 Å². The van der Waals surface area contributed by atoms with E-state index in [1.54, 1.807) is 31.2 Å². The predicted octanol–water partition coefficient (Wildman–Crippen LogP) is 2.60. The van der Waals surface area contributed by atoms with E-state index in [0.717, 1.165) is 17.7 Å². The quantitative estimate of drug-likeness (QED) is 0.593. The Morgan fingerprint density at radius 2 is 1.78 bits per heavy atom. The third-order valence-electron chi connectivity index (χ3n) is 5.42. The zero-order valence-electron chi connectivity index (χ0n) is 17.4. The number of ether oxygens (including phenoxy) is 1. The second-order valence-corrected chi connectivity index (χ2v) is 7.66. The molecule has 0 radical (unpaired) electrons. The second-order valence-electron chi connectivity index (χ2n) is 7.66. The molecule has 7 nitrogen and oxygen atoms in total. The lowest BCUT2D eigenvalue weighted by Crippen LogP contribution is -2.42. The zero-order chi connectivity index (χ0) is 23.0. The summed E-state index contributed by atoms with van der Waals surface area (Å²) in [6.45, 7) is 1.70. The van der Waals surface area contributed by atoms with Crippen LogP contribution < -0.4 is 11.1 Å². The second kappa shape index (κ2) is 8.08. The molecular weight excluding hydrogens is 418 g/mol. The number of rotatable bonds is 5. The van der Waals surface area contributed by atoms with Crippen LogP contribution in [0.3, 0.4) is 0 Å². The molecule has 1 amide bonds. The summed E-state index contributed by atoms with van der Waals surface area (Å²) in [7, 11) is 1.26. The fraction of sp³-hybridized carbons (Fsp3) is 0.217. The van der Waals surface area contributed by atoms with E-state index in [2.05, 4.69) is 15.3 Å². The molecule has 1 aliphatic rings. The molecule has 0 bridgehead atoms. The first-order valence-corrected chi connectivity index (χ1v) is 9.81. The van der Waals surface area contributed by atoms with E-state index in [1.807, 2.05) is 0 Å². The normalized spacial score (nSPS) is 14.5. The summed E-state index contributed by atoms with van der Waals surface area (Å²) >= 11 is 0. The van der Waals surface area contributed by atoms with E-state index in [-0.39, 0.29) is 30.3 Å². The van der Waals surface area contributed by atoms with Crippen LogP contribution in [0.25, 0.3) is 11.4 Å². The van der Waals surface area contributed by atoms with Gasteiger partial charge in [0.1, 0.15) is 17.2 Å². The lowest BCUT2D eigenvalue weighted by molar-refractivity contribution is -0.146. The largest absolute Gasteiger partial charge is 0.467 e. The highest BCUT2D eigenvalue weighted by atomic mass is 19.1. The SMILES string of the molecule is COC(=O)[C@@](C)(N)c1ccc(Cc2nc(-c3c(F)cccc3F)nc3c2C(=O)NC3)cc1. The van der Waals surface area contributed by atoms with Gasteiger partial charge in [0.15, 0.2) is 5.82 Å². The van der Waals surface area contributed by atoms with Gasteiger partial charge in [-0.25, -0.2) is 23.5 Å². The molecular formula is C23H20F2N4O3. The third kappa shape index (κ3) is 3.71. The van der Waals surface area contributed by atoms with Crippen LogP contribution in [-0.2, 0) is 28.0 Å². The zero-order valence-corrected chi connectivity index (χ0v) is 17.4. The number of hydrogen-bond donors (Lipinski definition) is 2. The molecule has 4 rings (SSSR count). The summed E-state index contributed by atoms with van der Waals surface area (Å²) in [6.07, 6.45) is 0.209. The van der Waals surface area contributed by atoms with Crippen molar-refractivity contribution in [3.63, 3.8) is 0 Å². The summed E-state index contributed by atoms with van der Waals surface area (Å²) in [6, 6.07) is 10.4. The Balaban J connectivity index is 1.74. The minimum atomic E-state index is -1.32. The maximum atomic E-state index is 14.3. The number of carbonyl (C=O) groups excluding carboxylic acids is 2. The summed E-state index contributed by atoms with van der Waals surface area (Å²) in [5.74, 6) is -2.62. The van der Waals surface area contributed by atoms with Gasteiger partial charge in [0.05, 0.1) is 36.2 Å². The van der Waals surface area contributed by atoms with Gasteiger partial charge in [-0.1, -0.05) is 30.3 Å². The topological polar surface area (TPSA) is 107 Å². The summed E-state index contributed by atoms with van der Waals surface area (Å²) in [5, 5.41) is 2.67. The highest BCUT2D eigenvalue weighted by Crippen LogP contribution is 2.28. The van der Waals surface area contributed by atoms with E-state index < -0.39 is 23.1 Å². The van der Waals surface area contributed by atoms with Crippen LogP contribution >= 0.6 is 0 Å². The number of nitrogens with zero attached hydrogens (tertiary/aromatic N) is 2. The van der Waals surface area contributed by atoms with Crippen LogP contribution in [0.1, 0.15) is 39.8 Å². The number of nitrogens with two attached hydrogens (primary N) is 1. The first-order valence-electron chi connectivity index (χ1n) is 9.81. The number of hydrogen-bond acceptors (Lipinski definition) is 6. The molecule has 2 heterocycles. The fourth-order valence-electron chi connectivity index (χ4n) is 3.64. The molecule has 164 valence electrons. The van der Waals surface area contributed by atoms with E-state index in [9.17, 15) is 18.4 Å². The first kappa shape index (κ1) is 21.5. The molecule has 0 spiro atoms. The van der Waals surface area contributed by atoms with Crippen molar-refractivity contribution in [2.24, 2.45) is 5.73 Å². The van der Waals surface area contributed by atoms with Crippen molar-refractivity contribution in [3.05, 3.63) is 82.2 Å². The Bertz CT molecular complexity index is 1210. The average molecular weight is 438 g/mol. The molecule has 0 saturated heterocycles. The number of fused-ring (bicyclic) bond motifs is 1. The highest BCUT2D eigenvalue weighted by molar-refractivity contribution is 5.99. The van der Waals surface area contributed by atoms with Crippen LogP contribution in [0.2, 0.25) is 0 Å². The molecule has 0 aliphatic carbocycles. The van der Waals surface area contributed by atoms with E-state index in [4.69, 9.17) is 10.5 Å². The molecule has 0 fully saturated rings. The minimum absolute atomic E-state index is 0.123. The van der Waals surface area contributed by atoms with Crippen LogP contribution in [-0.4, -0.2) is 29.0 Å². The molecule has 0 unspecified atom stereocenters. The first-order chi connectivity index (χ1) is 15.2. The Kier molecular flexibility index (Phi) is 5.43. The predicted molar refractivity (Wildman–Crippen MR) is 111 cm³/mol. The van der Waals surface area contributed by atoms with Crippen molar-refractivity contribution in [1.82, 2.24) is 15.3 Å². The van der Waals surface area contributed by atoms with Crippen LogP contribution in [0, 0.1) is 11.6 Å². The van der Waals surface area contributed by atoms with Crippen molar-refractivity contribution in [1.29, 1.82) is 0 Å². The molecule has 1 aromatic heterocycles. The van der Waals surface area contributed by atoms with Gasteiger partial charge in [0.2, 0.25) is 0 Å². The standard InChI is InChI=1S/C23H20F2N4O3/c1-23(26,22(31)32-2)13-8-6-12(7-9-13)10-16-19-17(11-27-21(19)30)29-20(28-16)18-14(24)4-3-5-15(18)25/h3-9H,10-11,26H2,1-2H3,(H,27,30)/t23-/m0/s1. The maximum absolute atomic E-state index is 14.3. The Morgan fingerprint density at radius 3 is 2.41 bits per heavy atom. The smallest absolute Gasteiger partial charge is 0.330 e. The van der Waals surface area contributed by atoms with Crippen LogP contribution in [0.15, 0.2) is 42.5 Å². The molecule has 3 aromatic rings. The molecule has 0 saturated carbocycles. The number of methoxy groups -OCH3 is 1. The molecule has 1 aliphatic heterocycles. The van der Waals surface area contributed by atoms with Gasteiger partial charge in [-0.15, -0.1) is 0 Å². The number of amides is 1. The van der Waals surface area contributed by atoms with Crippen molar-refractivity contribution < 1.29 is 23.1 Å². The molecule has 3 N–H and O–H groups in total. The van der Waals surface area contributed by atoms with Gasteiger partial charge in [-0.05, 0) is 30.2 Å². The number of halogens is 2. The van der Waals surface area contributed by atoms with Gasteiger partial charge in [-0.2, -0.15) is 0 Å². The van der Waals surface area contributed by atoms with Crippen molar-refractivity contribution in [2.45, 2.75) is 25.4 Å². The highest BCUT2D eigenvalue weighted by Gasteiger charge is 2.32.